The third-order valence-corrected chi connectivity index (χ3v) is 6.19. The molecule has 1 N–H and O–H groups in total. The minimum Gasteiger partial charge on any atom is -0.598 e. The average Bonchev–Trinajstić information content (AvgIpc) is 3.07. The van der Waals surface area contributed by atoms with Crippen molar-refractivity contribution in [2.45, 2.75) is 52.0 Å². The van der Waals surface area contributed by atoms with Gasteiger partial charge in [-0.3, -0.25) is 0 Å². The van der Waals surface area contributed by atoms with Crippen LogP contribution in [0.5, 0.6) is 5.75 Å². The van der Waals surface area contributed by atoms with Gasteiger partial charge in [0, 0.05) is 16.9 Å². The molecule has 2 atom stereocenters. The quantitative estimate of drug-likeness (QED) is 0.530. The summed E-state index contributed by atoms with van der Waals surface area (Å²) in [4.78, 5) is 4.56. The Hall–Kier alpha value is -2.28. The SMILES string of the molecule is Cc1oc(-c2ccccc2)nc1COc1ccc([C@H](C)N[S@+]([O-])C(C)(C)C)cc1. The van der Waals surface area contributed by atoms with Crippen LogP contribution in [0.2, 0.25) is 0 Å². The maximum atomic E-state index is 12.3. The van der Waals surface area contributed by atoms with Gasteiger partial charge in [0.05, 0.1) is 6.04 Å². The summed E-state index contributed by atoms with van der Waals surface area (Å²) in [7, 11) is 0. The summed E-state index contributed by atoms with van der Waals surface area (Å²) >= 11 is -1.12. The molecule has 1 aromatic heterocycles. The van der Waals surface area contributed by atoms with Crippen LogP contribution in [0.25, 0.3) is 11.5 Å². The third-order valence-electron chi connectivity index (χ3n) is 4.51. The summed E-state index contributed by atoms with van der Waals surface area (Å²) in [5, 5.41) is 0. The van der Waals surface area contributed by atoms with Crippen molar-refractivity contribution in [3.05, 3.63) is 71.6 Å². The van der Waals surface area contributed by atoms with Crippen LogP contribution in [-0.4, -0.2) is 14.3 Å². The predicted octanol–water partition coefficient (Wildman–Crippen LogP) is 5.34. The Balaban J connectivity index is 1.60. The number of hydrogen-bond acceptors (Lipinski definition) is 5. The van der Waals surface area contributed by atoms with Crippen LogP contribution < -0.4 is 9.46 Å². The molecule has 0 fully saturated rings. The number of aromatic nitrogens is 1. The molecule has 3 rings (SSSR count). The van der Waals surface area contributed by atoms with Gasteiger partial charge < -0.3 is 13.7 Å². The van der Waals surface area contributed by atoms with Crippen LogP contribution in [0.4, 0.5) is 0 Å². The minimum atomic E-state index is -1.12. The van der Waals surface area contributed by atoms with Crippen molar-refractivity contribution in [1.82, 2.24) is 9.71 Å². The van der Waals surface area contributed by atoms with Crippen LogP contribution in [0.15, 0.2) is 59.0 Å². The zero-order chi connectivity index (χ0) is 21.0. The lowest BCUT2D eigenvalue weighted by atomic mass is 10.1. The summed E-state index contributed by atoms with van der Waals surface area (Å²) in [5.41, 5.74) is 2.78. The number of oxazole rings is 1. The molecule has 3 aromatic rings. The van der Waals surface area contributed by atoms with Crippen LogP contribution in [0.1, 0.15) is 50.8 Å². The van der Waals surface area contributed by atoms with E-state index in [4.69, 9.17) is 9.15 Å². The van der Waals surface area contributed by atoms with Gasteiger partial charge >= 0.3 is 0 Å². The molecule has 0 unspecified atom stereocenters. The summed E-state index contributed by atoms with van der Waals surface area (Å²) in [6, 6.07) is 17.6. The van der Waals surface area contributed by atoms with Crippen molar-refractivity contribution in [2.75, 3.05) is 0 Å². The van der Waals surface area contributed by atoms with Gasteiger partial charge in [0.15, 0.2) is 0 Å². The number of benzene rings is 2. The molecule has 0 saturated heterocycles. The Kier molecular flexibility index (Phi) is 6.67. The van der Waals surface area contributed by atoms with Crippen molar-refractivity contribution in [1.29, 1.82) is 0 Å². The van der Waals surface area contributed by atoms with Gasteiger partial charge in [0.25, 0.3) is 0 Å². The highest BCUT2D eigenvalue weighted by Gasteiger charge is 2.28. The van der Waals surface area contributed by atoms with E-state index in [1.54, 1.807) is 0 Å². The van der Waals surface area contributed by atoms with Crippen molar-refractivity contribution < 1.29 is 13.7 Å². The fourth-order valence-electron chi connectivity index (χ4n) is 2.68. The van der Waals surface area contributed by atoms with E-state index >= 15 is 0 Å². The van der Waals surface area contributed by atoms with Gasteiger partial charge in [-0.2, -0.15) is 0 Å². The smallest absolute Gasteiger partial charge is 0.226 e. The number of ether oxygens (including phenoxy) is 1. The first kappa shape index (κ1) is 21.4. The van der Waals surface area contributed by atoms with E-state index in [-0.39, 0.29) is 10.8 Å². The molecule has 2 aromatic carbocycles. The van der Waals surface area contributed by atoms with Crippen LogP contribution in [0, 0.1) is 6.92 Å². The summed E-state index contributed by atoms with van der Waals surface area (Å²) < 4.78 is 26.8. The lowest BCUT2D eigenvalue weighted by Gasteiger charge is -2.26. The first-order valence-electron chi connectivity index (χ1n) is 9.66. The van der Waals surface area contributed by atoms with Crippen molar-refractivity contribution in [3.63, 3.8) is 0 Å². The Morgan fingerprint density at radius 1 is 1.10 bits per heavy atom. The lowest BCUT2D eigenvalue weighted by molar-refractivity contribution is 0.299. The monoisotopic (exact) mass is 412 g/mol. The molecule has 0 bridgehead atoms. The lowest BCUT2D eigenvalue weighted by Crippen LogP contribution is -2.40. The second-order valence-electron chi connectivity index (χ2n) is 7.97. The van der Waals surface area contributed by atoms with E-state index in [9.17, 15) is 4.55 Å². The average molecular weight is 413 g/mol. The second kappa shape index (κ2) is 9.03. The molecular weight excluding hydrogens is 384 g/mol. The highest BCUT2D eigenvalue weighted by molar-refractivity contribution is 7.90. The Morgan fingerprint density at radius 3 is 2.38 bits per heavy atom. The summed E-state index contributed by atoms with van der Waals surface area (Å²) in [6.45, 7) is 10.1. The predicted molar refractivity (Wildman–Crippen MR) is 117 cm³/mol. The molecular formula is C23H28N2O3S. The van der Waals surface area contributed by atoms with Crippen molar-refractivity contribution in [3.8, 4) is 17.2 Å². The molecule has 5 nitrogen and oxygen atoms in total. The number of nitrogens with zero attached hydrogens (tertiary/aromatic N) is 1. The molecule has 1 heterocycles. The fourth-order valence-corrected chi connectivity index (χ4v) is 3.49. The highest BCUT2D eigenvalue weighted by Crippen LogP contribution is 2.24. The van der Waals surface area contributed by atoms with Gasteiger partial charge in [-0.05, 0) is 64.4 Å². The number of hydrogen-bond donors (Lipinski definition) is 1. The van der Waals surface area contributed by atoms with E-state index in [1.807, 2.05) is 89.2 Å². The van der Waals surface area contributed by atoms with E-state index < -0.39 is 11.4 Å². The third kappa shape index (κ3) is 5.63. The second-order valence-corrected chi connectivity index (χ2v) is 9.96. The number of aryl methyl sites for hydroxylation is 1. The fraction of sp³-hybridized carbons (Fsp3) is 0.348. The normalized spacial score (nSPS) is 13.9. The molecule has 154 valence electrons. The molecule has 0 aliphatic heterocycles. The van der Waals surface area contributed by atoms with Crippen molar-refractivity contribution >= 4 is 11.4 Å². The van der Waals surface area contributed by atoms with E-state index in [0.717, 1.165) is 28.3 Å². The number of rotatable bonds is 7. The van der Waals surface area contributed by atoms with Crippen LogP contribution in [0.3, 0.4) is 0 Å². The van der Waals surface area contributed by atoms with Crippen LogP contribution in [-0.2, 0) is 18.0 Å². The first-order chi connectivity index (χ1) is 13.7. The summed E-state index contributed by atoms with van der Waals surface area (Å²) in [5.74, 6) is 2.10. The molecule has 0 radical (unpaired) electrons. The molecule has 0 saturated carbocycles. The van der Waals surface area contributed by atoms with Crippen LogP contribution >= 0.6 is 0 Å². The van der Waals surface area contributed by atoms with E-state index in [0.29, 0.717) is 12.5 Å². The van der Waals surface area contributed by atoms with E-state index in [1.165, 1.54) is 0 Å². The first-order valence-corrected chi connectivity index (χ1v) is 10.8. The Labute approximate surface area is 175 Å². The van der Waals surface area contributed by atoms with Gasteiger partial charge in [-0.15, -0.1) is 4.72 Å². The largest absolute Gasteiger partial charge is 0.598 e. The maximum absolute atomic E-state index is 12.3. The van der Waals surface area contributed by atoms with Gasteiger partial charge in [-0.25, -0.2) is 4.98 Å². The molecule has 0 aliphatic carbocycles. The Bertz CT molecular complexity index is 918. The van der Waals surface area contributed by atoms with Gasteiger partial charge in [0.2, 0.25) is 5.89 Å². The molecule has 29 heavy (non-hydrogen) atoms. The van der Waals surface area contributed by atoms with Crippen molar-refractivity contribution in [2.24, 2.45) is 0 Å². The zero-order valence-electron chi connectivity index (χ0n) is 17.6. The maximum Gasteiger partial charge on any atom is 0.226 e. The zero-order valence-corrected chi connectivity index (χ0v) is 18.4. The summed E-state index contributed by atoms with van der Waals surface area (Å²) in [6.07, 6.45) is 0. The molecule has 0 aliphatic rings. The highest BCUT2D eigenvalue weighted by atomic mass is 32.2. The molecule has 6 heteroatoms. The molecule has 0 spiro atoms. The topological polar surface area (TPSA) is 70.4 Å². The van der Waals surface area contributed by atoms with Gasteiger partial charge in [0.1, 0.15) is 28.6 Å². The number of nitrogens with one attached hydrogen (secondary N) is 1. The minimum absolute atomic E-state index is 0.0182. The Morgan fingerprint density at radius 2 is 1.76 bits per heavy atom. The molecule has 0 amide bonds. The van der Waals surface area contributed by atoms with E-state index in [2.05, 4.69) is 9.71 Å². The standard InChI is InChI=1S/C23H28N2O3S/c1-16(25-29(26)23(3,4)5)18-11-13-20(14-12-18)27-15-21-17(2)28-22(24-21)19-9-7-6-8-10-19/h6-14,16,25H,15H2,1-5H3/t16-,29+/m0/s1. The van der Waals surface area contributed by atoms with Gasteiger partial charge in [-0.1, -0.05) is 30.3 Å².